The van der Waals surface area contributed by atoms with Gasteiger partial charge in [-0.25, -0.2) is 0 Å². The number of alkyl halides is 1. The predicted molar refractivity (Wildman–Crippen MR) is 35.4 cm³/mol. The molecule has 1 aliphatic heterocycles. The Morgan fingerprint density at radius 3 is 3.11 bits per heavy atom. The number of rotatable bonds is 1. The van der Waals surface area contributed by atoms with E-state index in [1.165, 1.54) is 4.43 Å². The van der Waals surface area contributed by atoms with Crippen molar-refractivity contribution in [2.75, 3.05) is 4.43 Å². The van der Waals surface area contributed by atoms with Crippen molar-refractivity contribution in [3.8, 4) is 0 Å². The molecule has 0 saturated heterocycles. The molecule has 0 bridgehead atoms. The third kappa shape index (κ3) is 1.71. The summed E-state index contributed by atoms with van der Waals surface area (Å²) >= 11 is 0.311. The van der Waals surface area contributed by atoms with E-state index in [4.69, 9.17) is 5.73 Å². The van der Waals surface area contributed by atoms with E-state index in [0.29, 0.717) is 27.1 Å². The number of hydrogen-bond acceptors (Lipinski definition) is 1. The van der Waals surface area contributed by atoms with Crippen LogP contribution in [-0.4, -0.2) is 4.43 Å². The summed E-state index contributed by atoms with van der Waals surface area (Å²) < 4.78 is 3.54. The number of nitrogens with two attached hydrogens (primary N) is 1. The molecule has 9 heavy (non-hydrogen) atoms. The third-order valence-corrected chi connectivity index (χ3v) is 3.93. The Bertz CT molecular complexity index is 149. The molecule has 52 valence electrons. The first-order valence-corrected chi connectivity index (χ1v) is 5.77. The maximum atomic E-state index is 5.70. The van der Waals surface area contributed by atoms with Crippen molar-refractivity contribution in [3.05, 3.63) is 21.9 Å². The van der Waals surface area contributed by atoms with Crippen LogP contribution in [0.3, 0.4) is 0 Å². The molecule has 1 rings (SSSR count). The van der Waals surface area contributed by atoms with Crippen LogP contribution in [-0.2, 0) is 0 Å². The van der Waals surface area contributed by atoms with Gasteiger partial charge in [0.15, 0.2) is 0 Å². The van der Waals surface area contributed by atoms with Gasteiger partial charge in [-0.1, -0.05) is 0 Å². The van der Waals surface area contributed by atoms with E-state index in [1.54, 1.807) is 0 Å². The zero-order valence-electron chi connectivity index (χ0n) is 5.47. The van der Waals surface area contributed by atoms with Gasteiger partial charge in [-0.2, -0.15) is 0 Å². The van der Waals surface area contributed by atoms with Gasteiger partial charge in [-0.3, -0.25) is 0 Å². The van der Waals surface area contributed by atoms with Crippen molar-refractivity contribution in [2.24, 2.45) is 11.7 Å². The minimum atomic E-state index is 0.311. The van der Waals surface area contributed by atoms with Gasteiger partial charge < -0.3 is 0 Å². The summed E-state index contributed by atoms with van der Waals surface area (Å²) in [5.74, 6) is 0.586. The van der Waals surface area contributed by atoms with Crippen molar-refractivity contribution >= 4 is 0 Å². The quantitative estimate of drug-likeness (QED) is 0.320. The van der Waals surface area contributed by atoms with Crippen LogP contribution < -0.4 is 26.9 Å². The molecule has 0 spiro atoms. The van der Waals surface area contributed by atoms with Gasteiger partial charge in [-0.15, -0.1) is 0 Å². The number of halogens is 1. The van der Waals surface area contributed by atoms with Crippen molar-refractivity contribution in [3.63, 3.8) is 0 Å². The maximum absolute atomic E-state index is 5.70. The Kier molecular flexibility index (Phi) is 2.57. The Hall–Kier alpha value is 0.01000. The van der Waals surface area contributed by atoms with Crippen LogP contribution in [0.5, 0.6) is 0 Å². The van der Waals surface area contributed by atoms with E-state index in [1.807, 2.05) is 6.92 Å². The molecule has 0 aromatic heterocycles. The van der Waals surface area contributed by atoms with Crippen molar-refractivity contribution < 1.29 is 21.2 Å². The molecule has 1 aliphatic rings. The molecule has 0 aliphatic carbocycles. The van der Waals surface area contributed by atoms with Crippen molar-refractivity contribution in [1.82, 2.24) is 0 Å². The molecular formula is C7H11IN-. The Labute approximate surface area is 66.3 Å². The SMILES string of the molecule is C/C=C\C1C[I-]C=C1N. The normalized spacial score (nSPS) is 28.1. The Morgan fingerprint density at radius 2 is 2.67 bits per heavy atom. The molecule has 0 fully saturated rings. The van der Waals surface area contributed by atoms with E-state index in [-0.39, 0.29) is 0 Å². The summed E-state index contributed by atoms with van der Waals surface area (Å²) in [7, 11) is 0. The van der Waals surface area contributed by atoms with Crippen LogP contribution in [0.25, 0.3) is 0 Å². The average Bonchev–Trinajstić information content (AvgIpc) is 2.18. The molecule has 1 atom stereocenters. The molecule has 0 amide bonds. The molecular weight excluding hydrogens is 225 g/mol. The van der Waals surface area contributed by atoms with Crippen LogP contribution in [0.1, 0.15) is 6.92 Å². The summed E-state index contributed by atoms with van der Waals surface area (Å²) in [6.45, 7) is 2.05. The molecule has 2 N–H and O–H groups in total. The topological polar surface area (TPSA) is 26.0 Å². The molecule has 1 nitrogen and oxygen atoms in total. The summed E-state index contributed by atoms with van der Waals surface area (Å²) in [5, 5.41) is 0. The van der Waals surface area contributed by atoms with Crippen LogP contribution in [0.2, 0.25) is 0 Å². The predicted octanol–water partition coefficient (Wildman–Crippen LogP) is -1.92. The van der Waals surface area contributed by atoms with Gasteiger partial charge in [0.05, 0.1) is 0 Å². The fourth-order valence-corrected chi connectivity index (χ4v) is 3.37. The van der Waals surface area contributed by atoms with E-state index >= 15 is 0 Å². The monoisotopic (exact) mass is 236 g/mol. The first-order valence-electron chi connectivity index (χ1n) is 3.00. The fraction of sp³-hybridized carbons (Fsp3) is 0.429. The molecule has 0 aromatic rings. The summed E-state index contributed by atoms with van der Waals surface area (Å²) in [6, 6.07) is 0. The minimum absolute atomic E-state index is 0.311. The number of allylic oxidation sites excluding steroid dienone is 2. The Balaban J connectivity index is 2.53. The van der Waals surface area contributed by atoms with Crippen molar-refractivity contribution in [2.45, 2.75) is 6.92 Å². The summed E-state index contributed by atoms with van der Waals surface area (Å²) in [4.78, 5) is 0. The fourth-order valence-electron chi connectivity index (χ4n) is 0.794. The van der Waals surface area contributed by atoms with Gasteiger partial charge in [-0.05, 0) is 0 Å². The van der Waals surface area contributed by atoms with E-state index < -0.39 is 0 Å². The van der Waals surface area contributed by atoms with E-state index in [2.05, 4.69) is 16.2 Å². The van der Waals surface area contributed by atoms with Crippen LogP contribution in [0.4, 0.5) is 0 Å². The first kappa shape index (κ1) is 7.12. The van der Waals surface area contributed by atoms with Gasteiger partial charge in [0, 0.05) is 0 Å². The average molecular weight is 236 g/mol. The van der Waals surface area contributed by atoms with E-state index in [0.717, 1.165) is 5.70 Å². The standard InChI is InChI=1S/C7H11IN/c1-2-3-6-4-8-5-7(6)9/h2-3,5-6H,4,9H2,1H3/q-1/b3-2-. The van der Waals surface area contributed by atoms with Gasteiger partial charge in [0.1, 0.15) is 0 Å². The van der Waals surface area contributed by atoms with Crippen molar-refractivity contribution in [1.29, 1.82) is 0 Å². The molecule has 0 saturated carbocycles. The zero-order chi connectivity index (χ0) is 6.69. The molecule has 1 heterocycles. The zero-order valence-corrected chi connectivity index (χ0v) is 7.63. The first-order chi connectivity index (χ1) is 4.34. The molecule has 1 unspecified atom stereocenters. The van der Waals surface area contributed by atoms with Crippen LogP contribution in [0.15, 0.2) is 21.9 Å². The summed E-state index contributed by atoms with van der Waals surface area (Å²) in [6.07, 6.45) is 4.28. The van der Waals surface area contributed by atoms with Crippen LogP contribution >= 0.6 is 0 Å². The van der Waals surface area contributed by atoms with Gasteiger partial charge >= 0.3 is 66.1 Å². The van der Waals surface area contributed by atoms with E-state index in [9.17, 15) is 0 Å². The van der Waals surface area contributed by atoms with Gasteiger partial charge in [0.2, 0.25) is 0 Å². The van der Waals surface area contributed by atoms with Crippen LogP contribution in [0, 0.1) is 5.92 Å². The third-order valence-electron chi connectivity index (χ3n) is 1.31. The second kappa shape index (κ2) is 3.25. The van der Waals surface area contributed by atoms with Gasteiger partial charge in [0.25, 0.3) is 0 Å². The molecule has 2 heteroatoms. The summed E-state index contributed by atoms with van der Waals surface area (Å²) in [5.41, 5.74) is 6.80. The Morgan fingerprint density at radius 1 is 1.89 bits per heavy atom. The molecule has 0 aromatic carbocycles. The second-order valence-electron chi connectivity index (χ2n) is 2.05. The number of hydrogen-bond donors (Lipinski definition) is 1. The molecule has 0 radical (unpaired) electrons. The second-order valence-corrected chi connectivity index (χ2v) is 4.43.